The van der Waals surface area contributed by atoms with E-state index in [4.69, 9.17) is 0 Å². The number of rotatable bonds is 5. The van der Waals surface area contributed by atoms with Crippen LogP contribution in [0.5, 0.6) is 0 Å². The lowest BCUT2D eigenvalue weighted by atomic mass is 10.1. The highest BCUT2D eigenvalue weighted by Crippen LogP contribution is 2.26. The smallest absolute Gasteiger partial charge is 0.270 e. The monoisotopic (exact) mass is 354 g/mol. The van der Waals surface area contributed by atoms with Gasteiger partial charge in [-0.05, 0) is 50.3 Å². The Kier molecular flexibility index (Phi) is 4.57. The molecule has 0 aliphatic rings. The fraction of sp³-hybridized carbons (Fsp3) is 0.222. The number of benzene rings is 1. The molecule has 0 amide bonds. The van der Waals surface area contributed by atoms with Crippen molar-refractivity contribution in [2.75, 3.05) is 20.6 Å². The van der Waals surface area contributed by atoms with Crippen LogP contribution in [0.2, 0.25) is 0 Å². The van der Waals surface area contributed by atoms with E-state index in [9.17, 15) is 13.7 Å². The number of aromatic nitrogens is 2. The molecule has 0 radical (unpaired) electrons. The predicted molar refractivity (Wildman–Crippen MR) is 95.7 cm³/mol. The van der Waals surface area contributed by atoms with Crippen molar-refractivity contribution < 1.29 is 8.42 Å². The summed E-state index contributed by atoms with van der Waals surface area (Å²) < 4.78 is 27.5. The average Bonchev–Trinajstić information content (AvgIpc) is 2.99. The van der Waals surface area contributed by atoms with Crippen LogP contribution < -0.4 is 0 Å². The summed E-state index contributed by atoms with van der Waals surface area (Å²) in [5.41, 5.74) is 1.41. The Balaban J connectivity index is 2.20. The van der Waals surface area contributed by atoms with Gasteiger partial charge in [-0.1, -0.05) is 12.1 Å². The Morgan fingerprint density at radius 2 is 1.96 bits per heavy atom. The zero-order chi connectivity index (χ0) is 18.0. The quantitative estimate of drug-likeness (QED) is 0.702. The first-order chi connectivity index (χ1) is 11.9. The lowest BCUT2D eigenvalue weighted by molar-refractivity contribution is 0.414. The molecule has 0 saturated carbocycles. The molecule has 0 spiro atoms. The molecule has 7 heteroatoms. The summed E-state index contributed by atoms with van der Waals surface area (Å²) in [6.07, 6.45) is 3.89. The van der Waals surface area contributed by atoms with Gasteiger partial charge in [-0.25, -0.2) is 17.4 Å². The van der Waals surface area contributed by atoms with E-state index in [-0.39, 0.29) is 10.5 Å². The van der Waals surface area contributed by atoms with Gasteiger partial charge in [0.15, 0.2) is 5.65 Å². The minimum absolute atomic E-state index is 0.0146. The Bertz CT molecular complexity index is 1060. The van der Waals surface area contributed by atoms with Gasteiger partial charge in [0.25, 0.3) is 10.0 Å². The molecule has 128 valence electrons. The maximum absolute atomic E-state index is 13.1. The fourth-order valence-electron chi connectivity index (χ4n) is 2.71. The molecule has 0 unspecified atom stereocenters. The minimum Gasteiger partial charge on any atom is -0.309 e. The van der Waals surface area contributed by atoms with E-state index in [0.29, 0.717) is 12.1 Å². The maximum Gasteiger partial charge on any atom is 0.270 e. The van der Waals surface area contributed by atoms with Crippen molar-refractivity contribution in [2.45, 2.75) is 11.3 Å². The van der Waals surface area contributed by atoms with E-state index in [1.165, 1.54) is 16.1 Å². The Hall–Kier alpha value is -2.69. The van der Waals surface area contributed by atoms with E-state index < -0.39 is 10.0 Å². The van der Waals surface area contributed by atoms with Gasteiger partial charge in [-0.15, -0.1) is 0 Å². The van der Waals surface area contributed by atoms with Gasteiger partial charge in [-0.3, -0.25) is 0 Å². The molecule has 1 aromatic carbocycles. The van der Waals surface area contributed by atoms with Gasteiger partial charge in [0, 0.05) is 24.3 Å². The van der Waals surface area contributed by atoms with Crippen LogP contribution in [0.3, 0.4) is 0 Å². The lowest BCUT2D eigenvalue weighted by Crippen LogP contribution is -2.15. The first kappa shape index (κ1) is 17.1. The van der Waals surface area contributed by atoms with Crippen LogP contribution in [0.1, 0.15) is 11.1 Å². The molecule has 0 saturated heterocycles. The summed E-state index contributed by atoms with van der Waals surface area (Å²) in [6, 6.07) is 11.8. The van der Waals surface area contributed by atoms with E-state index in [0.717, 1.165) is 17.5 Å². The summed E-state index contributed by atoms with van der Waals surface area (Å²) in [5, 5.41) is 10.1. The van der Waals surface area contributed by atoms with E-state index >= 15 is 0 Å². The minimum atomic E-state index is -3.91. The number of fused-ring (bicyclic) bond motifs is 1. The van der Waals surface area contributed by atoms with Crippen molar-refractivity contribution in [1.29, 1.82) is 5.26 Å². The molecule has 2 aromatic heterocycles. The largest absolute Gasteiger partial charge is 0.309 e. The fourth-order valence-corrected chi connectivity index (χ4v) is 4.21. The molecular weight excluding hydrogens is 336 g/mol. The number of hydrogen-bond acceptors (Lipinski definition) is 5. The predicted octanol–water partition coefficient (Wildman–Crippen LogP) is 2.25. The van der Waals surface area contributed by atoms with Crippen molar-refractivity contribution in [1.82, 2.24) is 13.9 Å². The second-order valence-electron chi connectivity index (χ2n) is 5.99. The third kappa shape index (κ3) is 3.14. The normalized spacial score (nSPS) is 11.8. The number of likely N-dealkylation sites (N-methyl/N-ethyl adjacent to an activating group) is 1. The Labute approximate surface area is 147 Å². The number of nitriles is 1. The molecular formula is C18H18N4O2S. The SMILES string of the molecule is CN(C)CCc1cn(S(=O)(=O)c2ccccc2C#N)c2ncccc12. The standard InChI is InChI=1S/C18H18N4O2S/c1-21(2)11-9-15-13-22(18-16(15)7-5-10-20-18)25(23,24)17-8-4-3-6-14(17)12-19/h3-8,10,13H,9,11H2,1-2H3. The Morgan fingerprint density at radius 1 is 1.20 bits per heavy atom. The first-order valence-corrected chi connectivity index (χ1v) is 9.23. The number of pyridine rings is 1. The second kappa shape index (κ2) is 6.67. The molecule has 3 aromatic rings. The zero-order valence-corrected chi connectivity index (χ0v) is 14.9. The highest BCUT2D eigenvalue weighted by Gasteiger charge is 2.24. The van der Waals surface area contributed by atoms with E-state index in [1.807, 2.05) is 31.1 Å². The molecule has 0 aliphatic carbocycles. The maximum atomic E-state index is 13.1. The molecule has 0 bridgehead atoms. The molecule has 0 fully saturated rings. The summed E-state index contributed by atoms with van der Waals surface area (Å²) in [6.45, 7) is 0.794. The van der Waals surface area contributed by atoms with Crippen LogP contribution in [0, 0.1) is 11.3 Å². The highest BCUT2D eigenvalue weighted by molar-refractivity contribution is 7.90. The van der Waals surface area contributed by atoms with Crippen molar-refractivity contribution in [2.24, 2.45) is 0 Å². The van der Waals surface area contributed by atoms with Crippen LogP contribution in [-0.4, -0.2) is 42.9 Å². The van der Waals surface area contributed by atoms with Crippen LogP contribution in [0.15, 0.2) is 53.7 Å². The molecule has 0 aliphatic heterocycles. The van der Waals surface area contributed by atoms with Crippen LogP contribution >= 0.6 is 0 Å². The first-order valence-electron chi connectivity index (χ1n) is 7.79. The summed E-state index contributed by atoms with van der Waals surface area (Å²) >= 11 is 0. The van der Waals surface area contributed by atoms with Crippen LogP contribution in [0.4, 0.5) is 0 Å². The van der Waals surface area contributed by atoms with Crippen molar-refractivity contribution in [3.8, 4) is 6.07 Å². The molecule has 0 N–H and O–H groups in total. The summed E-state index contributed by atoms with van der Waals surface area (Å²) in [4.78, 5) is 6.29. The van der Waals surface area contributed by atoms with Gasteiger partial charge >= 0.3 is 0 Å². The van der Waals surface area contributed by atoms with Gasteiger partial charge in [-0.2, -0.15) is 5.26 Å². The molecule has 2 heterocycles. The van der Waals surface area contributed by atoms with Crippen molar-refractivity contribution in [3.05, 3.63) is 59.9 Å². The molecule has 3 rings (SSSR count). The van der Waals surface area contributed by atoms with Crippen molar-refractivity contribution >= 4 is 21.1 Å². The molecule has 25 heavy (non-hydrogen) atoms. The Morgan fingerprint density at radius 3 is 2.68 bits per heavy atom. The number of nitrogens with zero attached hydrogens (tertiary/aromatic N) is 4. The third-order valence-electron chi connectivity index (χ3n) is 3.99. The van der Waals surface area contributed by atoms with Crippen molar-refractivity contribution in [3.63, 3.8) is 0 Å². The van der Waals surface area contributed by atoms with Crippen LogP contribution in [0.25, 0.3) is 11.0 Å². The summed E-state index contributed by atoms with van der Waals surface area (Å²) in [7, 11) is 0.0312. The zero-order valence-electron chi connectivity index (χ0n) is 14.0. The van der Waals surface area contributed by atoms with E-state index in [1.54, 1.807) is 30.6 Å². The molecule has 0 atom stereocenters. The highest BCUT2D eigenvalue weighted by atomic mass is 32.2. The summed E-state index contributed by atoms with van der Waals surface area (Å²) in [5.74, 6) is 0. The van der Waals surface area contributed by atoms with Gasteiger partial charge < -0.3 is 4.90 Å². The van der Waals surface area contributed by atoms with E-state index in [2.05, 4.69) is 4.98 Å². The third-order valence-corrected chi connectivity index (χ3v) is 5.70. The lowest BCUT2D eigenvalue weighted by Gasteiger charge is -2.08. The molecule has 6 nitrogen and oxygen atoms in total. The average molecular weight is 354 g/mol. The topological polar surface area (TPSA) is 79.0 Å². The number of hydrogen-bond donors (Lipinski definition) is 0. The van der Waals surface area contributed by atoms with Gasteiger partial charge in [0.1, 0.15) is 11.0 Å². The van der Waals surface area contributed by atoms with Gasteiger partial charge in [0.2, 0.25) is 0 Å². The van der Waals surface area contributed by atoms with Crippen LogP contribution in [-0.2, 0) is 16.4 Å². The van der Waals surface area contributed by atoms with Gasteiger partial charge in [0.05, 0.1) is 5.56 Å². The second-order valence-corrected chi connectivity index (χ2v) is 7.77.